The number of nitrogens with zero attached hydrogens (tertiary/aromatic N) is 1. The van der Waals surface area contributed by atoms with Gasteiger partial charge in [-0.1, -0.05) is 283 Å². The van der Waals surface area contributed by atoms with Crippen LogP contribution in [0.15, 0.2) is 146 Å². The second kappa shape index (κ2) is 64.9. The molecule has 10 heteroatoms. The van der Waals surface area contributed by atoms with Crippen LogP contribution in [0.25, 0.3) is 0 Å². The molecular weight excluding hydrogens is 1100 g/mol. The van der Waals surface area contributed by atoms with E-state index in [1.807, 2.05) is 33.3 Å². The lowest BCUT2D eigenvalue weighted by Gasteiger charge is -2.27. The van der Waals surface area contributed by atoms with Gasteiger partial charge in [0.15, 0.2) is 0 Å². The Bertz CT molecular complexity index is 2000. The number of phosphoric acid groups is 1. The molecule has 0 saturated carbocycles. The minimum absolute atomic E-state index is 0.0259. The third kappa shape index (κ3) is 66.1. The van der Waals surface area contributed by atoms with E-state index < -0.39 is 20.0 Å². The Kier molecular flexibility index (Phi) is 61.8. The zero-order valence-electron chi connectivity index (χ0n) is 56.7. The zero-order chi connectivity index (χ0) is 63.5. The number of unbranched alkanes of at least 4 members (excludes halogenated alkanes) is 24. The summed E-state index contributed by atoms with van der Waals surface area (Å²) in [4.78, 5) is 37.9. The number of hydrogen-bond acceptors (Lipinski definition) is 6. The number of nitrogens with one attached hydrogen (secondary N) is 1. The van der Waals surface area contributed by atoms with Crippen molar-refractivity contribution < 1.29 is 37.3 Å². The first-order valence-electron chi connectivity index (χ1n) is 35.2. The molecule has 2 N–H and O–H groups in total. The maximum absolute atomic E-state index is 13.6. The fourth-order valence-corrected chi connectivity index (χ4v) is 10.2. The van der Waals surface area contributed by atoms with Crippen molar-refractivity contribution in [1.82, 2.24) is 5.32 Å². The van der Waals surface area contributed by atoms with Gasteiger partial charge in [0, 0.05) is 12.8 Å². The van der Waals surface area contributed by atoms with Crippen molar-refractivity contribution in [3.63, 3.8) is 0 Å². The normalized spacial score (nSPS) is 14.4. The maximum atomic E-state index is 13.6. The Morgan fingerprint density at radius 1 is 0.414 bits per heavy atom. The summed E-state index contributed by atoms with van der Waals surface area (Å²) in [6, 6.07) is -0.877. The fourth-order valence-electron chi connectivity index (χ4n) is 9.44. The highest BCUT2D eigenvalue weighted by Crippen LogP contribution is 2.43. The average Bonchev–Trinajstić information content (AvgIpc) is 3.69. The van der Waals surface area contributed by atoms with E-state index in [-0.39, 0.29) is 31.5 Å². The zero-order valence-corrected chi connectivity index (χ0v) is 57.6. The second-order valence-corrected chi connectivity index (χ2v) is 25.7. The predicted molar refractivity (Wildman–Crippen MR) is 378 cm³/mol. The van der Waals surface area contributed by atoms with Gasteiger partial charge in [-0.2, -0.15) is 0 Å². The Morgan fingerprint density at radius 3 is 1.10 bits per heavy atom. The van der Waals surface area contributed by atoms with Crippen molar-refractivity contribution in [1.29, 1.82) is 0 Å². The van der Waals surface area contributed by atoms with Gasteiger partial charge in [0.25, 0.3) is 0 Å². The molecule has 0 aromatic carbocycles. The van der Waals surface area contributed by atoms with E-state index in [0.717, 1.165) is 148 Å². The summed E-state index contributed by atoms with van der Waals surface area (Å²) in [6.45, 7) is 6.76. The summed E-state index contributed by atoms with van der Waals surface area (Å²) in [5.74, 6) is -0.547. The number of likely N-dealkylation sites (N-methyl/N-ethyl adjacent to an activating group) is 1. The molecule has 0 saturated heterocycles. The molecule has 0 bridgehead atoms. The molecule has 9 nitrogen and oxygen atoms in total. The number of carbonyl (C=O) groups excluding carboxylic acids is 2. The highest BCUT2D eigenvalue weighted by molar-refractivity contribution is 7.47. The number of amides is 1. The molecule has 1 amide bonds. The molecule has 0 radical (unpaired) electrons. The Balaban J connectivity index is 5.22. The molecule has 496 valence electrons. The molecule has 3 unspecified atom stereocenters. The molecule has 0 heterocycles. The first-order chi connectivity index (χ1) is 42.4. The van der Waals surface area contributed by atoms with Crippen LogP contribution in [-0.2, 0) is 27.9 Å². The minimum atomic E-state index is -4.48. The van der Waals surface area contributed by atoms with Crippen LogP contribution < -0.4 is 5.32 Å². The molecule has 0 aromatic rings. The van der Waals surface area contributed by atoms with E-state index in [4.69, 9.17) is 13.8 Å². The maximum Gasteiger partial charge on any atom is 0.472 e. The molecule has 0 rings (SSSR count). The number of hydrogen-bond donors (Lipinski definition) is 2. The first-order valence-corrected chi connectivity index (χ1v) is 36.7. The van der Waals surface area contributed by atoms with Gasteiger partial charge in [-0.3, -0.25) is 18.6 Å². The molecule has 0 aliphatic heterocycles. The van der Waals surface area contributed by atoms with Crippen molar-refractivity contribution in [2.75, 3.05) is 40.9 Å². The van der Waals surface area contributed by atoms with E-state index in [0.29, 0.717) is 23.9 Å². The van der Waals surface area contributed by atoms with Crippen molar-refractivity contribution >= 4 is 19.7 Å². The monoisotopic (exact) mass is 1230 g/mol. The van der Waals surface area contributed by atoms with Gasteiger partial charge in [0.2, 0.25) is 5.91 Å². The van der Waals surface area contributed by atoms with Gasteiger partial charge >= 0.3 is 13.8 Å². The van der Waals surface area contributed by atoms with E-state index in [1.54, 1.807) is 0 Å². The standard InChI is InChI=1S/C77H131N2O7P/c1-7-10-13-16-19-22-25-28-30-32-34-36-38-39-41-43-45-47-49-52-55-58-61-64-67-70-77(81)86-75(68-65-62-59-56-53-50-27-24-21-18-15-12-9-3)74(73-85-87(82,83)84-72-71-79(4,5)6)78-76(80)69-66-63-60-57-54-51-48-46-44-42-40-37-35-33-31-29-26-23-20-17-14-11-8-2/h10-11,13-14,19-20,22-23,28-31,34-37,39,41-42,44,48,51,65,68,74-75H,7-9,12,15-18,21,24-27,32-33,38,40,43,45-47,49-50,52-64,66-67,69-73H2,1-6H3,(H-,78,80,82,83)/p+1/b13-10-,14-11-,22-19-,23-20-,30-28-,31-29-,36-34-,37-35-,41-39-,44-42-,51-48-,68-65+. The lowest BCUT2D eigenvalue weighted by molar-refractivity contribution is -0.870. The smallest absolute Gasteiger partial charge is 0.456 e. The van der Waals surface area contributed by atoms with Crippen LogP contribution in [0.1, 0.15) is 278 Å². The van der Waals surface area contributed by atoms with Crippen molar-refractivity contribution in [2.45, 2.75) is 290 Å². The van der Waals surface area contributed by atoms with E-state index in [2.05, 4.69) is 160 Å². The van der Waals surface area contributed by atoms with Gasteiger partial charge in [-0.15, -0.1) is 0 Å². The highest BCUT2D eigenvalue weighted by atomic mass is 31.2. The third-order valence-electron chi connectivity index (χ3n) is 14.8. The summed E-state index contributed by atoms with van der Waals surface area (Å²) in [7, 11) is 1.46. The second-order valence-electron chi connectivity index (χ2n) is 24.3. The molecule has 0 aliphatic carbocycles. The van der Waals surface area contributed by atoms with Crippen LogP contribution >= 0.6 is 7.82 Å². The average molecular weight is 1230 g/mol. The van der Waals surface area contributed by atoms with Gasteiger partial charge in [0.1, 0.15) is 19.3 Å². The van der Waals surface area contributed by atoms with Gasteiger partial charge in [0.05, 0.1) is 33.8 Å². The Labute approximate surface area is 536 Å². The van der Waals surface area contributed by atoms with Crippen LogP contribution in [0.2, 0.25) is 0 Å². The summed E-state index contributed by atoms with van der Waals surface area (Å²) in [5.41, 5.74) is 0. The molecular formula is C77H132N2O7P+. The summed E-state index contributed by atoms with van der Waals surface area (Å²) in [6.07, 6.45) is 94.2. The number of phosphoric ester groups is 1. The lowest BCUT2D eigenvalue weighted by Crippen LogP contribution is -2.47. The minimum Gasteiger partial charge on any atom is -0.456 e. The first kappa shape index (κ1) is 82.9. The Hall–Kier alpha value is -4.11. The predicted octanol–water partition coefficient (Wildman–Crippen LogP) is 22.6. The number of esters is 1. The van der Waals surface area contributed by atoms with Crippen LogP contribution in [-0.4, -0.2) is 74.3 Å². The SMILES string of the molecule is CC/C=C\C/C=C\C/C=C\C/C=C\C/C=C\C/C=C\CCCCCCC(=O)NC(COP(=O)(O)OCC[N+](C)(C)C)C(/C=C/CCCCCCCCCCCCC)OC(=O)CCCCCCCCCCC/C=C\C/C=C\C/C=C\C/C=C\C/C=C\CC. The van der Waals surface area contributed by atoms with E-state index in [9.17, 15) is 19.0 Å². The van der Waals surface area contributed by atoms with Crippen LogP contribution in [0.3, 0.4) is 0 Å². The molecule has 0 aromatic heterocycles. The molecule has 0 fully saturated rings. The van der Waals surface area contributed by atoms with Gasteiger partial charge in [-0.05, 0) is 128 Å². The van der Waals surface area contributed by atoms with Crippen LogP contribution in [0.4, 0.5) is 0 Å². The lowest BCUT2D eigenvalue weighted by atomic mass is 10.0. The fraction of sp³-hybridized carbons (Fsp3) is 0.662. The summed E-state index contributed by atoms with van der Waals surface area (Å²) in [5, 5.41) is 3.05. The number of rotatable bonds is 62. The van der Waals surface area contributed by atoms with Crippen molar-refractivity contribution in [3.8, 4) is 0 Å². The number of allylic oxidation sites excluding steroid dienone is 23. The third-order valence-corrected chi connectivity index (χ3v) is 15.8. The van der Waals surface area contributed by atoms with Crippen molar-refractivity contribution in [2.24, 2.45) is 0 Å². The molecule has 0 spiro atoms. The molecule has 0 aliphatic rings. The number of carbonyl (C=O) groups is 2. The molecule has 3 atom stereocenters. The number of ether oxygens (including phenoxy) is 1. The summed E-state index contributed by atoms with van der Waals surface area (Å²) >= 11 is 0. The highest BCUT2D eigenvalue weighted by Gasteiger charge is 2.30. The topological polar surface area (TPSA) is 111 Å². The van der Waals surface area contributed by atoms with E-state index in [1.165, 1.54) is 89.9 Å². The van der Waals surface area contributed by atoms with Crippen LogP contribution in [0, 0.1) is 0 Å². The van der Waals surface area contributed by atoms with Crippen molar-refractivity contribution in [3.05, 3.63) is 146 Å². The summed E-state index contributed by atoms with van der Waals surface area (Å²) < 4.78 is 30.8. The van der Waals surface area contributed by atoms with Gasteiger partial charge in [-0.25, -0.2) is 4.57 Å². The molecule has 87 heavy (non-hydrogen) atoms. The quantitative estimate of drug-likeness (QED) is 0.0205. The van der Waals surface area contributed by atoms with Gasteiger partial charge < -0.3 is 19.4 Å². The largest absolute Gasteiger partial charge is 0.472 e. The Morgan fingerprint density at radius 2 is 0.736 bits per heavy atom. The number of quaternary nitrogens is 1. The van der Waals surface area contributed by atoms with Crippen LogP contribution in [0.5, 0.6) is 0 Å². The van der Waals surface area contributed by atoms with E-state index >= 15 is 0 Å².